The number of nitrogens with one attached hydrogen (secondary N) is 1. The zero-order chi connectivity index (χ0) is 19.4. The Labute approximate surface area is 163 Å². The van der Waals surface area contributed by atoms with Crippen molar-refractivity contribution in [3.63, 3.8) is 0 Å². The van der Waals surface area contributed by atoms with Gasteiger partial charge in [-0.1, -0.05) is 12.1 Å². The fraction of sp³-hybridized carbons (Fsp3) is 0.650. The normalized spacial score (nSPS) is 22.6. The highest BCUT2D eigenvalue weighted by atomic mass is 32.2. The summed E-state index contributed by atoms with van der Waals surface area (Å²) in [5, 5.41) is 3.07. The van der Waals surface area contributed by atoms with Crippen LogP contribution < -0.4 is 10.2 Å². The zero-order valence-corrected chi connectivity index (χ0v) is 17.2. The second-order valence-corrected chi connectivity index (χ2v) is 9.87. The van der Waals surface area contributed by atoms with E-state index < -0.39 is 10.0 Å². The summed E-state index contributed by atoms with van der Waals surface area (Å²) in [4.78, 5) is 15.1. The van der Waals surface area contributed by atoms with Gasteiger partial charge in [0.1, 0.15) is 0 Å². The monoisotopic (exact) mass is 393 g/mol. The minimum atomic E-state index is -3.23. The molecule has 2 saturated heterocycles. The van der Waals surface area contributed by atoms with Crippen LogP contribution in [0.3, 0.4) is 0 Å². The minimum Gasteiger partial charge on any atom is -0.372 e. The first kappa shape index (κ1) is 20.1. The first-order chi connectivity index (χ1) is 12.9. The Hall–Kier alpha value is -1.60. The van der Waals surface area contributed by atoms with Gasteiger partial charge in [-0.2, -0.15) is 0 Å². The van der Waals surface area contributed by atoms with Crippen LogP contribution in [0.2, 0.25) is 0 Å². The van der Waals surface area contributed by atoms with Gasteiger partial charge in [0.2, 0.25) is 15.9 Å². The molecule has 0 spiro atoms. The maximum absolute atomic E-state index is 12.7. The minimum absolute atomic E-state index is 0.0536. The summed E-state index contributed by atoms with van der Waals surface area (Å²) in [5.41, 5.74) is 2.31. The predicted octanol–water partition coefficient (Wildman–Crippen LogP) is 2.53. The van der Waals surface area contributed by atoms with Gasteiger partial charge in [-0.3, -0.25) is 4.79 Å². The van der Waals surface area contributed by atoms with Gasteiger partial charge in [-0.25, -0.2) is 12.7 Å². The number of piperidine rings is 1. The Morgan fingerprint density at radius 3 is 2.44 bits per heavy atom. The van der Waals surface area contributed by atoms with E-state index in [1.54, 1.807) is 6.92 Å². The molecule has 1 amide bonds. The van der Waals surface area contributed by atoms with Crippen molar-refractivity contribution in [2.45, 2.75) is 45.6 Å². The van der Waals surface area contributed by atoms with Crippen molar-refractivity contribution in [3.05, 3.63) is 29.8 Å². The maximum Gasteiger partial charge on any atom is 0.224 e. The Balaban J connectivity index is 1.58. The molecule has 0 unspecified atom stereocenters. The fourth-order valence-electron chi connectivity index (χ4n) is 3.96. The Kier molecular flexibility index (Phi) is 6.42. The molecule has 0 radical (unpaired) electrons. The quantitative estimate of drug-likeness (QED) is 0.806. The van der Waals surface area contributed by atoms with Gasteiger partial charge in [0.15, 0.2) is 0 Å². The molecule has 7 heteroatoms. The lowest BCUT2D eigenvalue weighted by atomic mass is 9.98. The number of rotatable bonds is 6. The summed E-state index contributed by atoms with van der Waals surface area (Å²) in [7, 11) is -3.23. The summed E-state index contributed by atoms with van der Waals surface area (Å²) in [6.45, 7) is 6.67. The van der Waals surface area contributed by atoms with Crippen molar-refractivity contribution in [1.29, 1.82) is 0 Å². The predicted molar refractivity (Wildman–Crippen MR) is 108 cm³/mol. The Bertz CT molecular complexity index is 742. The number of benzene rings is 1. The van der Waals surface area contributed by atoms with E-state index in [-0.39, 0.29) is 23.6 Å². The Morgan fingerprint density at radius 2 is 1.81 bits per heavy atom. The van der Waals surface area contributed by atoms with E-state index in [0.717, 1.165) is 31.5 Å². The number of sulfonamides is 1. The van der Waals surface area contributed by atoms with Crippen LogP contribution in [-0.2, 0) is 14.8 Å². The molecule has 2 aliphatic rings. The standard InChI is InChI=1S/C20H31N3O3S/c1-3-27(25,26)23-14-6-7-18(15-23)20(24)21-16(2)17-8-10-19(11-9-17)22-12-4-5-13-22/h8-11,16,18H,3-7,12-15H2,1-2H3,(H,21,24)/t16-,18+/m1/s1. The smallest absolute Gasteiger partial charge is 0.224 e. The number of hydrogen-bond donors (Lipinski definition) is 1. The van der Waals surface area contributed by atoms with E-state index in [0.29, 0.717) is 13.1 Å². The second kappa shape index (κ2) is 8.61. The highest BCUT2D eigenvalue weighted by Crippen LogP contribution is 2.24. The molecule has 0 aromatic heterocycles. The number of nitrogens with zero attached hydrogens (tertiary/aromatic N) is 2. The molecule has 0 aliphatic carbocycles. The summed E-state index contributed by atoms with van der Waals surface area (Å²) in [6.07, 6.45) is 3.97. The first-order valence-corrected chi connectivity index (χ1v) is 11.6. The van der Waals surface area contributed by atoms with Gasteiger partial charge in [0, 0.05) is 31.9 Å². The maximum atomic E-state index is 12.7. The second-order valence-electron chi connectivity index (χ2n) is 7.61. The van der Waals surface area contributed by atoms with Crippen molar-refractivity contribution in [2.24, 2.45) is 5.92 Å². The largest absolute Gasteiger partial charge is 0.372 e. The third-order valence-corrected chi connectivity index (χ3v) is 7.58. The van der Waals surface area contributed by atoms with E-state index in [2.05, 4.69) is 34.5 Å². The van der Waals surface area contributed by atoms with E-state index in [1.165, 1.54) is 22.8 Å². The molecule has 2 heterocycles. The summed E-state index contributed by atoms with van der Waals surface area (Å²) >= 11 is 0. The molecular formula is C20H31N3O3S. The van der Waals surface area contributed by atoms with Crippen LogP contribution in [-0.4, -0.2) is 50.6 Å². The average Bonchev–Trinajstić information content (AvgIpc) is 3.23. The lowest BCUT2D eigenvalue weighted by Crippen LogP contribution is -2.46. The third kappa shape index (κ3) is 4.82. The zero-order valence-electron chi connectivity index (χ0n) is 16.4. The molecule has 1 aromatic rings. The van der Waals surface area contributed by atoms with Gasteiger partial charge in [0.05, 0.1) is 17.7 Å². The molecule has 2 atom stereocenters. The number of amides is 1. The van der Waals surface area contributed by atoms with Crippen LogP contribution >= 0.6 is 0 Å². The van der Waals surface area contributed by atoms with E-state index in [4.69, 9.17) is 0 Å². The number of carbonyl (C=O) groups is 1. The average molecular weight is 394 g/mol. The molecule has 2 aliphatic heterocycles. The molecular weight excluding hydrogens is 362 g/mol. The van der Waals surface area contributed by atoms with E-state index >= 15 is 0 Å². The summed E-state index contributed by atoms with van der Waals surface area (Å²) < 4.78 is 25.7. The molecule has 1 N–H and O–H groups in total. The third-order valence-electron chi connectivity index (χ3n) is 5.74. The topological polar surface area (TPSA) is 69.7 Å². The number of hydrogen-bond acceptors (Lipinski definition) is 4. The summed E-state index contributed by atoms with van der Waals surface area (Å²) in [5.74, 6) is -0.241. The van der Waals surface area contributed by atoms with Crippen molar-refractivity contribution in [2.75, 3.05) is 36.8 Å². The lowest BCUT2D eigenvalue weighted by molar-refractivity contribution is -0.126. The van der Waals surface area contributed by atoms with Gasteiger partial charge in [-0.15, -0.1) is 0 Å². The molecule has 3 rings (SSSR count). The Morgan fingerprint density at radius 1 is 1.15 bits per heavy atom. The summed E-state index contributed by atoms with van der Waals surface area (Å²) in [6, 6.07) is 8.31. The highest BCUT2D eigenvalue weighted by Gasteiger charge is 2.31. The van der Waals surface area contributed by atoms with Crippen molar-refractivity contribution >= 4 is 21.6 Å². The van der Waals surface area contributed by atoms with Crippen LogP contribution in [0.15, 0.2) is 24.3 Å². The van der Waals surface area contributed by atoms with E-state index in [1.807, 2.05) is 6.92 Å². The number of anilines is 1. The van der Waals surface area contributed by atoms with Crippen molar-refractivity contribution < 1.29 is 13.2 Å². The van der Waals surface area contributed by atoms with Gasteiger partial charge < -0.3 is 10.2 Å². The SMILES string of the molecule is CCS(=O)(=O)N1CCC[C@H](C(=O)N[C@H](C)c2ccc(N3CCCC3)cc2)C1. The molecule has 6 nitrogen and oxygen atoms in total. The fourth-order valence-corrected chi connectivity index (χ4v) is 5.13. The van der Waals surface area contributed by atoms with Crippen molar-refractivity contribution in [3.8, 4) is 0 Å². The van der Waals surface area contributed by atoms with Gasteiger partial charge >= 0.3 is 0 Å². The number of carbonyl (C=O) groups excluding carboxylic acids is 1. The van der Waals surface area contributed by atoms with Crippen LogP contribution in [0.1, 0.15) is 51.1 Å². The molecule has 1 aromatic carbocycles. The van der Waals surface area contributed by atoms with Gasteiger partial charge in [0.25, 0.3) is 0 Å². The van der Waals surface area contributed by atoms with Crippen molar-refractivity contribution in [1.82, 2.24) is 9.62 Å². The van der Waals surface area contributed by atoms with Crippen LogP contribution in [0, 0.1) is 5.92 Å². The lowest BCUT2D eigenvalue weighted by Gasteiger charge is -2.31. The van der Waals surface area contributed by atoms with Crippen LogP contribution in [0.4, 0.5) is 5.69 Å². The molecule has 2 fully saturated rings. The molecule has 27 heavy (non-hydrogen) atoms. The molecule has 0 bridgehead atoms. The molecule has 0 saturated carbocycles. The van der Waals surface area contributed by atoms with Gasteiger partial charge in [-0.05, 0) is 57.2 Å². The van der Waals surface area contributed by atoms with Crippen LogP contribution in [0.25, 0.3) is 0 Å². The highest BCUT2D eigenvalue weighted by molar-refractivity contribution is 7.89. The first-order valence-electron chi connectivity index (χ1n) is 10.0. The van der Waals surface area contributed by atoms with Crippen LogP contribution in [0.5, 0.6) is 0 Å². The molecule has 150 valence electrons. The van der Waals surface area contributed by atoms with E-state index in [9.17, 15) is 13.2 Å².